The minimum atomic E-state index is -0.740. The number of carbonyl (C=O) groups is 6. The van der Waals surface area contributed by atoms with Gasteiger partial charge in [0.15, 0.2) is 6.61 Å². The Labute approximate surface area is 346 Å². The molecule has 0 unspecified atom stereocenters. The average molecular weight is 830 g/mol. The molecule has 336 valence electrons. The van der Waals surface area contributed by atoms with Crippen LogP contribution >= 0.6 is 0 Å². The van der Waals surface area contributed by atoms with Crippen LogP contribution in [0.25, 0.3) is 0 Å². The molecule has 0 spiro atoms. The minimum Gasteiger partial charge on any atom is -0.458 e. The van der Waals surface area contributed by atoms with Gasteiger partial charge >= 0.3 is 24.2 Å². The highest BCUT2D eigenvalue weighted by molar-refractivity contribution is 6.01. The highest BCUT2D eigenvalue weighted by Gasteiger charge is 2.22. The predicted molar refractivity (Wildman–Crippen MR) is 221 cm³/mol. The van der Waals surface area contributed by atoms with Crippen molar-refractivity contribution in [2.24, 2.45) is 4.99 Å². The van der Waals surface area contributed by atoms with Gasteiger partial charge in [-0.15, -0.1) is 0 Å². The van der Waals surface area contributed by atoms with E-state index in [1.165, 1.54) is 0 Å². The lowest BCUT2D eigenvalue weighted by Crippen LogP contribution is -2.47. The molecule has 0 atom stereocenters. The number of esters is 1. The third-order valence-corrected chi connectivity index (χ3v) is 6.93. The quantitative estimate of drug-likeness (QED) is 0.0161. The SMILES string of the molecule is CC(C)(C)OC(=O)CON(CCCCNC(=O)CC(=O)NCCCCCCCCN=C(NC(=O)OC(C)(C)C)NC(=O)OC(C)(C)C)CCCNC(=O)OC(C)(C)C. The molecular formula is C40H75N7O11. The van der Waals surface area contributed by atoms with Crippen LogP contribution in [0.4, 0.5) is 14.4 Å². The molecule has 5 amide bonds. The van der Waals surface area contributed by atoms with Gasteiger partial charge in [-0.25, -0.2) is 19.2 Å². The molecule has 0 saturated heterocycles. The van der Waals surface area contributed by atoms with E-state index in [4.69, 9.17) is 23.8 Å². The normalized spacial score (nSPS) is 11.9. The number of amides is 5. The summed E-state index contributed by atoms with van der Waals surface area (Å²) in [4.78, 5) is 83.1. The number of hydrogen-bond acceptors (Lipinski definition) is 13. The Morgan fingerprint density at radius 1 is 0.483 bits per heavy atom. The van der Waals surface area contributed by atoms with E-state index >= 15 is 0 Å². The summed E-state index contributed by atoms with van der Waals surface area (Å²) in [5, 5.41) is 14.8. The second kappa shape index (κ2) is 27.5. The first-order valence-electron chi connectivity index (χ1n) is 20.4. The molecule has 0 aliphatic heterocycles. The zero-order chi connectivity index (χ0) is 44.4. The Kier molecular flexibility index (Phi) is 25.5. The molecule has 0 aliphatic carbocycles. The van der Waals surface area contributed by atoms with Gasteiger partial charge in [-0.2, -0.15) is 5.06 Å². The molecule has 0 aromatic heterocycles. The van der Waals surface area contributed by atoms with Crippen molar-refractivity contribution in [3.05, 3.63) is 0 Å². The number of rotatable bonds is 23. The molecule has 0 radical (unpaired) electrons. The lowest BCUT2D eigenvalue weighted by atomic mass is 10.1. The van der Waals surface area contributed by atoms with Crippen LogP contribution in [0.1, 0.15) is 147 Å². The van der Waals surface area contributed by atoms with Gasteiger partial charge in [0.2, 0.25) is 17.8 Å². The van der Waals surface area contributed by atoms with E-state index in [2.05, 4.69) is 31.6 Å². The number of hydroxylamine groups is 2. The summed E-state index contributed by atoms with van der Waals surface area (Å²) < 4.78 is 21.1. The maximum Gasteiger partial charge on any atom is 0.414 e. The second-order valence-electron chi connectivity index (χ2n) is 17.8. The number of alkyl carbamates (subject to hydrolysis) is 3. The van der Waals surface area contributed by atoms with E-state index in [-0.39, 0.29) is 30.8 Å². The van der Waals surface area contributed by atoms with Crippen molar-refractivity contribution in [1.29, 1.82) is 0 Å². The van der Waals surface area contributed by atoms with Crippen molar-refractivity contribution in [3.63, 3.8) is 0 Å². The fourth-order valence-corrected chi connectivity index (χ4v) is 4.70. The van der Waals surface area contributed by atoms with Gasteiger partial charge in [0.05, 0.1) is 0 Å². The fourth-order valence-electron chi connectivity index (χ4n) is 4.70. The van der Waals surface area contributed by atoms with E-state index in [9.17, 15) is 28.8 Å². The van der Waals surface area contributed by atoms with Gasteiger partial charge in [-0.3, -0.25) is 30.1 Å². The zero-order valence-corrected chi connectivity index (χ0v) is 37.4. The maximum absolute atomic E-state index is 12.3. The molecule has 0 rings (SSSR count). The van der Waals surface area contributed by atoms with Crippen LogP contribution < -0.4 is 26.6 Å². The number of unbranched alkanes of at least 4 members (excludes halogenated alkanes) is 6. The molecule has 0 bridgehead atoms. The third-order valence-electron chi connectivity index (χ3n) is 6.93. The number of hydrogen-bond donors (Lipinski definition) is 5. The Morgan fingerprint density at radius 2 is 0.897 bits per heavy atom. The van der Waals surface area contributed by atoms with E-state index in [1.807, 2.05) is 0 Å². The number of aliphatic imine (C=N–C) groups is 1. The lowest BCUT2D eigenvalue weighted by molar-refractivity contribution is -0.192. The molecule has 0 aromatic rings. The van der Waals surface area contributed by atoms with E-state index in [0.29, 0.717) is 58.5 Å². The second-order valence-corrected chi connectivity index (χ2v) is 17.8. The summed E-state index contributed by atoms with van der Waals surface area (Å²) in [5.41, 5.74) is -2.68. The van der Waals surface area contributed by atoms with Crippen molar-refractivity contribution < 1.29 is 52.6 Å². The highest BCUT2D eigenvalue weighted by Crippen LogP contribution is 2.10. The van der Waals surface area contributed by atoms with Crippen LogP contribution in [0, 0.1) is 0 Å². The Balaban J connectivity index is 4.40. The number of ether oxygens (including phenoxy) is 4. The Bertz CT molecular complexity index is 1270. The number of carbonyl (C=O) groups excluding carboxylic acids is 6. The van der Waals surface area contributed by atoms with Gasteiger partial charge in [0.25, 0.3) is 0 Å². The Morgan fingerprint density at radius 3 is 1.40 bits per heavy atom. The minimum absolute atomic E-state index is 0.0437. The standard InChI is InChI=1S/C40H75N7O11/c1-37(2,3)55-32(50)29-54-47(27-21-25-44-34(51)56-38(4,5)6)26-20-19-23-42-31(49)28-30(48)41-22-17-15-13-14-16-18-24-43-33(45-35(52)57-39(7,8)9)46-36(53)58-40(10,11)12/h13-29H2,1-12H3,(H,41,48)(H,42,49)(H,44,51)(H2,43,45,46,52,53). The van der Waals surface area contributed by atoms with E-state index < -0.39 is 46.7 Å². The highest BCUT2D eigenvalue weighted by atomic mass is 16.7. The molecular weight excluding hydrogens is 754 g/mol. The molecule has 0 saturated carbocycles. The number of guanidine groups is 1. The van der Waals surface area contributed by atoms with Crippen LogP contribution in [-0.2, 0) is 38.2 Å². The predicted octanol–water partition coefficient (Wildman–Crippen LogP) is 5.63. The van der Waals surface area contributed by atoms with Gasteiger partial charge < -0.3 is 34.9 Å². The van der Waals surface area contributed by atoms with Gasteiger partial charge in [-0.1, -0.05) is 25.7 Å². The average Bonchev–Trinajstić information content (AvgIpc) is 3.02. The van der Waals surface area contributed by atoms with Crippen molar-refractivity contribution in [2.75, 3.05) is 45.9 Å². The molecule has 18 nitrogen and oxygen atoms in total. The zero-order valence-electron chi connectivity index (χ0n) is 37.4. The van der Waals surface area contributed by atoms with E-state index in [0.717, 1.165) is 38.5 Å². The molecule has 0 aliphatic rings. The third kappa shape index (κ3) is 36.2. The first-order chi connectivity index (χ1) is 26.7. The van der Waals surface area contributed by atoms with Crippen molar-refractivity contribution >= 4 is 42.0 Å². The van der Waals surface area contributed by atoms with E-state index in [1.54, 1.807) is 88.1 Å². The van der Waals surface area contributed by atoms with Crippen LogP contribution in [0.2, 0.25) is 0 Å². The lowest BCUT2D eigenvalue weighted by Gasteiger charge is -2.24. The van der Waals surface area contributed by atoms with Gasteiger partial charge in [0, 0.05) is 39.3 Å². The molecule has 0 fully saturated rings. The largest absolute Gasteiger partial charge is 0.458 e. The Hall–Kier alpha value is -4.19. The summed E-state index contributed by atoms with van der Waals surface area (Å²) in [6.45, 7) is 23.3. The first kappa shape index (κ1) is 53.8. The van der Waals surface area contributed by atoms with Crippen molar-refractivity contribution in [2.45, 2.75) is 170 Å². The fraction of sp³-hybridized carbons (Fsp3) is 0.825. The molecule has 5 N–H and O–H groups in total. The van der Waals surface area contributed by atoms with Crippen LogP contribution in [0.3, 0.4) is 0 Å². The first-order valence-corrected chi connectivity index (χ1v) is 20.4. The monoisotopic (exact) mass is 830 g/mol. The van der Waals surface area contributed by atoms with Crippen LogP contribution in [0.15, 0.2) is 4.99 Å². The van der Waals surface area contributed by atoms with Crippen LogP contribution in [-0.4, -0.2) is 115 Å². The summed E-state index contributed by atoms with van der Waals surface area (Å²) >= 11 is 0. The number of nitrogens with zero attached hydrogens (tertiary/aromatic N) is 2. The topological polar surface area (TPSA) is 224 Å². The van der Waals surface area contributed by atoms with Crippen LogP contribution in [0.5, 0.6) is 0 Å². The molecule has 0 aromatic carbocycles. The van der Waals surface area contributed by atoms with Gasteiger partial charge in [-0.05, 0) is 115 Å². The summed E-state index contributed by atoms with van der Waals surface area (Å²) in [5.74, 6) is -1.24. The van der Waals surface area contributed by atoms with Crippen molar-refractivity contribution in [3.8, 4) is 0 Å². The molecule has 58 heavy (non-hydrogen) atoms. The summed E-state index contributed by atoms with van der Waals surface area (Å²) in [6, 6.07) is 0. The summed E-state index contributed by atoms with van der Waals surface area (Å²) in [6.07, 6.45) is 4.75. The smallest absolute Gasteiger partial charge is 0.414 e. The van der Waals surface area contributed by atoms with Gasteiger partial charge in [0.1, 0.15) is 28.8 Å². The maximum atomic E-state index is 12.3. The molecule has 0 heterocycles. The summed E-state index contributed by atoms with van der Waals surface area (Å²) in [7, 11) is 0. The molecule has 18 heteroatoms. The van der Waals surface area contributed by atoms with Crippen molar-refractivity contribution in [1.82, 2.24) is 31.6 Å². The number of nitrogens with one attached hydrogen (secondary N) is 5.